The fourth-order valence-electron chi connectivity index (χ4n) is 1.07. The maximum Gasteiger partial charge on any atom is 0.0209 e. The number of piperazine rings is 1. The van der Waals surface area contributed by atoms with Crippen LogP contribution in [-0.2, 0) is 0 Å². The van der Waals surface area contributed by atoms with Crippen LogP contribution in [0.25, 0.3) is 0 Å². The van der Waals surface area contributed by atoms with Crippen molar-refractivity contribution in [2.45, 2.75) is 0 Å². The van der Waals surface area contributed by atoms with Crippen molar-refractivity contribution in [3.63, 3.8) is 0 Å². The molecule has 1 aliphatic heterocycles. The van der Waals surface area contributed by atoms with Crippen molar-refractivity contribution in [3.05, 3.63) is 0 Å². The zero-order chi connectivity index (χ0) is 7.40. The van der Waals surface area contributed by atoms with Crippen LogP contribution in [-0.4, -0.2) is 45.2 Å². The molecule has 0 aromatic carbocycles. The summed E-state index contributed by atoms with van der Waals surface area (Å²) < 4.78 is 3.63. The molecule has 0 atom stereocenters. The first-order chi connectivity index (χ1) is 4.83. The predicted octanol–water partition coefficient (Wildman–Crippen LogP) is 1.39. The summed E-state index contributed by atoms with van der Waals surface area (Å²) in [5.41, 5.74) is 0. The molecule has 4 heteroatoms. The molecule has 1 rings (SSSR count). The minimum Gasteiger partial charge on any atom is -0.300 e. The zero-order valence-electron chi connectivity index (χ0n) is 5.89. The van der Waals surface area contributed by atoms with Gasteiger partial charge in [0.1, 0.15) is 0 Å². The van der Waals surface area contributed by atoms with Gasteiger partial charge in [-0.2, -0.15) is 0 Å². The first kappa shape index (κ1) is 9.47. The Labute approximate surface area is 90.0 Å². The molecule has 0 amide bonds. The molecule has 0 spiro atoms. The Kier molecular flexibility index (Phi) is 4.83. The van der Waals surface area contributed by atoms with Crippen LogP contribution in [0.3, 0.4) is 0 Å². The Morgan fingerprint density at radius 3 is 2.20 bits per heavy atom. The summed E-state index contributed by atoms with van der Waals surface area (Å²) in [5, 5.41) is 0. The highest BCUT2D eigenvalue weighted by Crippen LogP contribution is 2.05. The molecule has 0 N–H and O–H groups in total. The molecule has 0 aliphatic carbocycles. The molecule has 0 aromatic rings. The van der Waals surface area contributed by atoms with Gasteiger partial charge in [-0.15, -0.1) is 0 Å². The monoisotopic (exact) mass is 366 g/mol. The fourth-order valence-corrected chi connectivity index (χ4v) is 2.18. The van der Waals surface area contributed by atoms with Gasteiger partial charge in [0.05, 0.1) is 0 Å². The van der Waals surface area contributed by atoms with Gasteiger partial charge in [-0.25, -0.2) is 3.11 Å². The van der Waals surface area contributed by atoms with E-state index in [2.05, 4.69) is 53.5 Å². The van der Waals surface area contributed by atoms with Crippen LogP contribution in [0.2, 0.25) is 0 Å². The topological polar surface area (TPSA) is 6.48 Å². The summed E-state index contributed by atoms with van der Waals surface area (Å²) in [4.78, 5) is 2.53. The third kappa shape index (κ3) is 3.19. The van der Waals surface area contributed by atoms with E-state index >= 15 is 0 Å². The molecular weight excluding hydrogens is 354 g/mol. The average molecular weight is 366 g/mol. The van der Waals surface area contributed by atoms with E-state index < -0.39 is 0 Å². The van der Waals surface area contributed by atoms with Crippen LogP contribution in [0.15, 0.2) is 0 Å². The molecule has 0 unspecified atom stereocenters. The maximum absolute atomic E-state index is 2.53. The lowest BCUT2D eigenvalue weighted by molar-refractivity contribution is 0.218. The van der Waals surface area contributed by atoms with Crippen LogP contribution in [0.5, 0.6) is 0 Å². The molecular formula is C6H12I2N2. The van der Waals surface area contributed by atoms with Gasteiger partial charge in [-0.3, -0.25) is 4.90 Å². The number of alkyl halides is 1. The standard InChI is InChI=1S/C6H12I2N2/c7-1-2-9-3-5-10(8)6-4-9/h1-6H2. The number of rotatable bonds is 2. The van der Waals surface area contributed by atoms with Crippen molar-refractivity contribution in [3.8, 4) is 0 Å². The van der Waals surface area contributed by atoms with E-state index in [1.807, 2.05) is 0 Å². The van der Waals surface area contributed by atoms with Crippen molar-refractivity contribution >= 4 is 45.5 Å². The summed E-state index contributed by atoms with van der Waals surface area (Å²) in [6, 6.07) is 0. The van der Waals surface area contributed by atoms with E-state index in [0.29, 0.717) is 0 Å². The molecule has 1 aliphatic rings. The normalized spacial score (nSPS) is 23.4. The van der Waals surface area contributed by atoms with E-state index in [9.17, 15) is 0 Å². The molecule has 2 nitrogen and oxygen atoms in total. The Bertz CT molecular complexity index is 91.7. The summed E-state index contributed by atoms with van der Waals surface area (Å²) in [5.74, 6) is 0. The van der Waals surface area contributed by atoms with Crippen molar-refractivity contribution in [2.24, 2.45) is 0 Å². The minimum absolute atomic E-state index is 1.23. The Hall–Kier alpha value is 1.38. The molecule has 1 fully saturated rings. The molecule has 1 saturated heterocycles. The van der Waals surface area contributed by atoms with Gasteiger partial charge in [-0.1, -0.05) is 22.6 Å². The zero-order valence-corrected chi connectivity index (χ0v) is 10.2. The van der Waals surface area contributed by atoms with E-state index in [4.69, 9.17) is 0 Å². The van der Waals surface area contributed by atoms with Crippen LogP contribution in [0.1, 0.15) is 0 Å². The highest BCUT2D eigenvalue weighted by molar-refractivity contribution is 14.1. The SMILES string of the molecule is ICCN1CCN(I)CC1. The highest BCUT2D eigenvalue weighted by atomic mass is 127. The summed E-state index contributed by atoms with van der Waals surface area (Å²) in [7, 11) is 0. The number of halogens is 2. The minimum atomic E-state index is 1.23. The molecule has 0 radical (unpaired) electrons. The lowest BCUT2D eigenvalue weighted by Crippen LogP contribution is -2.42. The van der Waals surface area contributed by atoms with E-state index in [0.717, 1.165) is 0 Å². The first-order valence-electron chi connectivity index (χ1n) is 3.52. The number of hydrogen-bond donors (Lipinski definition) is 0. The van der Waals surface area contributed by atoms with Crippen LogP contribution >= 0.6 is 45.5 Å². The lowest BCUT2D eigenvalue weighted by Gasteiger charge is -2.30. The highest BCUT2D eigenvalue weighted by Gasteiger charge is 2.12. The quantitative estimate of drug-likeness (QED) is 0.414. The second kappa shape index (κ2) is 5.10. The van der Waals surface area contributed by atoms with E-state index in [1.54, 1.807) is 0 Å². The second-order valence-electron chi connectivity index (χ2n) is 2.44. The lowest BCUT2D eigenvalue weighted by atomic mass is 10.4. The van der Waals surface area contributed by atoms with Crippen molar-refractivity contribution in [1.82, 2.24) is 8.01 Å². The molecule has 1 heterocycles. The van der Waals surface area contributed by atoms with Crippen LogP contribution in [0.4, 0.5) is 0 Å². The van der Waals surface area contributed by atoms with Crippen molar-refractivity contribution < 1.29 is 0 Å². The summed E-state index contributed by atoms with van der Waals surface area (Å²) in [6.07, 6.45) is 0. The molecule has 0 saturated carbocycles. The fraction of sp³-hybridized carbons (Fsp3) is 1.00. The smallest absolute Gasteiger partial charge is 0.0209 e. The largest absolute Gasteiger partial charge is 0.300 e. The third-order valence-electron chi connectivity index (χ3n) is 1.72. The summed E-state index contributed by atoms with van der Waals surface area (Å²) >= 11 is 4.84. The predicted molar refractivity (Wildman–Crippen MR) is 60.9 cm³/mol. The first-order valence-corrected chi connectivity index (χ1v) is 6.01. The molecule has 0 bridgehead atoms. The van der Waals surface area contributed by atoms with Gasteiger partial charge in [0.2, 0.25) is 0 Å². The van der Waals surface area contributed by atoms with Crippen LogP contribution < -0.4 is 0 Å². The van der Waals surface area contributed by atoms with Crippen molar-refractivity contribution in [1.29, 1.82) is 0 Å². The van der Waals surface area contributed by atoms with E-state index in [1.165, 1.54) is 37.2 Å². The van der Waals surface area contributed by atoms with Gasteiger partial charge < -0.3 is 0 Å². The number of nitrogens with zero attached hydrogens (tertiary/aromatic N) is 2. The Morgan fingerprint density at radius 1 is 1.10 bits per heavy atom. The Balaban J connectivity index is 2.13. The van der Waals surface area contributed by atoms with Gasteiger partial charge >= 0.3 is 0 Å². The molecule has 60 valence electrons. The average Bonchev–Trinajstić information content (AvgIpc) is 1.95. The van der Waals surface area contributed by atoms with Gasteiger partial charge in [-0.05, 0) is 0 Å². The van der Waals surface area contributed by atoms with E-state index in [-0.39, 0.29) is 0 Å². The molecule has 10 heavy (non-hydrogen) atoms. The van der Waals surface area contributed by atoms with Gasteiger partial charge in [0, 0.05) is 60.0 Å². The number of hydrogen-bond acceptors (Lipinski definition) is 2. The summed E-state index contributed by atoms with van der Waals surface area (Å²) in [6.45, 7) is 6.25. The maximum atomic E-state index is 2.53. The van der Waals surface area contributed by atoms with Gasteiger partial charge in [0.25, 0.3) is 0 Å². The third-order valence-corrected chi connectivity index (χ3v) is 3.17. The molecule has 0 aromatic heterocycles. The van der Waals surface area contributed by atoms with Gasteiger partial charge in [0.15, 0.2) is 0 Å². The van der Waals surface area contributed by atoms with Crippen LogP contribution in [0, 0.1) is 0 Å². The van der Waals surface area contributed by atoms with Crippen molar-refractivity contribution in [2.75, 3.05) is 37.2 Å². The second-order valence-corrected chi connectivity index (χ2v) is 4.88. The Morgan fingerprint density at radius 2 is 1.70 bits per heavy atom.